The molecule has 0 spiro atoms. The SMILES string of the molecule is C=C[Si](CC)(Oc1ccccc1)Oc1ccccc1. The van der Waals surface area contributed by atoms with E-state index in [0.717, 1.165) is 17.5 Å². The molecular weight excluding hydrogens is 252 g/mol. The van der Waals surface area contributed by atoms with E-state index < -0.39 is 8.56 Å². The van der Waals surface area contributed by atoms with Crippen LogP contribution in [0, 0.1) is 0 Å². The molecule has 0 heterocycles. The number of rotatable bonds is 6. The summed E-state index contributed by atoms with van der Waals surface area (Å²) in [6.07, 6.45) is 0. The molecule has 0 aliphatic heterocycles. The monoisotopic (exact) mass is 270 g/mol. The zero-order valence-corrected chi connectivity index (χ0v) is 12.1. The maximum absolute atomic E-state index is 6.10. The summed E-state index contributed by atoms with van der Waals surface area (Å²) in [6, 6.07) is 20.3. The first-order chi connectivity index (χ1) is 9.28. The molecule has 2 aromatic rings. The molecule has 2 rings (SSSR count). The van der Waals surface area contributed by atoms with E-state index in [0.29, 0.717) is 0 Å². The van der Waals surface area contributed by atoms with Gasteiger partial charge in [0.05, 0.1) is 0 Å². The zero-order chi connectivity index (χ0) is 13.6. The lowest BCUT2D eigenvalue weighted by Gasteiger charge is -2.27. The van der Waals surface area contributed by atoms with E-state index in [-0.39, 0.29) is 0 Å². The average molecular weight is 270 g/mol. The van der Waals surface area contributed by atoms with Gasteiger partial charge in [0.1, 0.15) is 11.5 Å². The Morgan fingerprint density at radius 1 is 0.895 bits per heavy atom. The lowest BCUT2D eigenvalue weighted by atomic mass is 10.3. The molecule has 98 valence electrons. The molecule has 0 saturated heterocycles. The third-order valence-corrected chi connectivity index (χ3v) is 5.64. The van der Waals surface area contributed by atoms with Crippen molar-refractivity contribution in [3.63, 3.8) is 0 Å². The van der Waals surface area contributed by atoms with E-state index in [9.17, 15) is 0 Å². The molecule has 0 N–H and O–H groups in total. The Kier molecular flexibility index (Phi) is 4.42. The quantitative estimate of drug-likeness (QED) is 0.727. The van der Waals surface area contributed by atoms with E-state index in [2.05, 4.69) is 13.5 Å². The van der Waals surface area contributed by atoms with Gasteiger partial charge >= 0.3 is 8.56 Å². The highest BCUT2D eigenvalue weighted by Gasteiger charge is 2.36. The van der Waals surface area contributed by atoms with Gasteiger partial charge in [-0.25, -0.2) is 0 Å². The topological polar surface area (TPSA) is 18.5 Å². The second-order valence-corrected chi connectivity index (χ2v) is 7.35. The van der Waals surface area contributed by atoms with Crippen LogP contribution >= 0.6 is 0 Å². The van der Waals surface area contributed by atoms with Gasteiger partial charge in [0.25, 0.3) is 0 Å². The number of para-hydroxylation sites is 2. The maximum Gasteiger partial charge on any atom is 0.487 e. The molecule has 0 atom stereocenters. The first-order valence-electron chi connectivity index (χ1n) is 6.40. The van der Waals surface area contributed by atoms with Crippen molar-refractivity contribution in [2.75, 3.05) is 0 Å². The van der Waals surface area contributed by atoms with Crippen LogP contribution in [0.1, 0.15) is 6.92 Å². The largest absolute Gasteiger partial charge is 0.509 e. The van der Waals surface area contributed by atoms with E-state index in [4.69, 9.17) is 8.85 Å². The van der Waals surface area contributed by atoms with Crippen LogP contribution in [-0.4, -0.2) is 8.56 Å². The van der Waals surface area contributed by atoms with Gasteiger partial charge in [-0.05, 0) is 30.0 Å². The van der Waals surface area contributed by atoms with Gasteiger partial charge < -0.3 is 8.85 Å². The van der Waals surface area contributed by atoms with Gasteiger partial charge in [-0.1, -0.05) is 43.3 Å². The summed E-state index contributed by atoms with van der Waals surface area (Å²) < 4.78 is 12.2. The molecule has 2 nitrogen and oxygen atoms in total. The van der Waals surface area contributed by atoms with Crippen LogP contribution in [0.2, 0.25) is 6.04 Å². The van der Waals surface area contributed by atoms with Gasteiger partial charge in [0.15, 0.2) is 0 Å². The van der Waals surface area contributed by atoms with Crippen molar-refractivity contribution < 1.29 is 8.85 Å². The highest BCUT2D eigenvalue weighted by Crippen LogP contribution is 2.23. The number of benzene rings is 2. The van der Waals surface area contributed by atoms with E-state index in [1.54, 1.807) is 0 Å². The molecule has 0 fully saturated rings. The fraction of sp³-hybridized carbons (Fsp3) is 0.125. The van der Waals surface area contributed by atoms with Crippen molar-refractivity contribution in [3.05, 3.63) is 72.9 Å². The second-order valence-electron chi connectivity index (χ2n) is 4.20. The molecule has 0 bridgehead atoms. The fourth-order valence-electron chi connectivity index (χ4n) is 1.77. The summed E-state index contributed by atoms with van der Waals surface area (Å²) in [4.78, 5) is 0. The fourth-order valence-corrected chi connectivity index (χ4v) is 3.62. The maximum atomic E-state index is 6.10. The van der Waals surface area contributed by atoms with Crippen molar-refractivity contribution in [2.45, 2.75) is 13.0 Å². The first kappa shape index (κ1) is 13.4. The molecule has 0 aliphatic rings. The first-order valence-corrected chi connectivity index (χ1v) is 8.50. The summed E-state index contributed by atoms with van der Waals surface area (Å²) in [5.74, 6) is 1.65. The molecule has 0 aliphatic carbocycles. The molecule has 0 saturated carbocycles. The third kappa shape index (κ3) is 3.48. The Labute approximate surface area is 115 Å². The normalized spacial score (nSPS) is 10.8. The Morgan fingerprint density at radius 3 is 1.63 bits per heavy atom. The van der Waals surface area contributed by atoms with Crippen molar-refractivity contribution in [1.29, 1.82) is 0 Å². The van der Waals surface area contributed by atoms with Crippen molar-refractivity contribution in [2.24, 2.45) is 0 Å². The molecule has 0 unspecified atom stereocenters. The Balaban J connectivity index is 2.20. The van der Waals surface area contributed by atoms with Crippen LogP contribution in [0.4, 0.5) is 0 Å². The van der Waals surface area contributed by atoms with Crippen LogP contribution in [0.25, 0.3) is 0 Å². The Hall–Kier alpha value is -2.00. The Morgan fingerprint density at radius 2 is 1.32 bits per heavy atom. The standard InChI is InChI=1S/C16H18O2Si/c1-3-19(4-2,17-15-11-7-5-8-12-15)18-16-13-9-6-10-14-16/h3,5-14H,1,4H2,2H3. The second kappa shape index (κ2) is 6.25. The summed E-state index contributed by atoms with van der Waals surface area (Å²) in [5, 5.41) is 0. The predicted molar refractivity (Wildman–Crippen MR) is 80.6 cm³/mol. The van der Waals surface area contributed by atoms with Crippen LogP contribution < -0.4 is 8.85 Å². The molecule has 0 radical (unpaired) electrons. The summed E-state index contributed by atoms with van der Waals surface area (Å²) >= 11 is 0. The van der Waals surface area contributed by atoms with Gasteiger partial charge in [-0.3, -0.25) is 0 Å². The third-order valence-electron chi connectivity index (χ3n) is 2.87. The zero-order valence-electron chi connectivity index (χ0n) is 11.1. The summed E-state index contributed by atoms with van der Waals surface area (Å²) in [5.41, 5.74) is 1.84. The predicted octanol–water partition coefficient (Wildman–Crippen LogP) is 4.33. The molecule has 0 aromatic heterocycles. The van der Waals surface area contributed by atoms with Gasteiger partial charge in [0, 0.05) is 6.04 Å². The molecule has 3 heteroatoms. The van der Waals surface area contributed by atoms with Crippen LogP contribution in [0.5, 0.6) is 11.5 Å². The number of hydrogen-bond donors (Lipinski definition) is 0. The van der Waals surface area contributed by atoms with Gasteiger partial charge in [0.2, 0.25) is 0 Å². The van der Waals surface area contributed by atoms with Crippen molar-refractivity contribution in [1.82, 2.24) is 0 Å². The Bertz CT molecular complexity index is 469. The molecule has 19 heavy (non-hydrogen) atoms. The van der Waals surface area contributed by atoms with Gasteiger partial charge in [-0.15, -0.1) is 6.58 Å². The van der Waals surface area contributed by atoms with Crippen molar-refractivity contribution in [3.8, 4) is 11.5 Å². The van der Waals surface area contributed by atoms with Crippen LogP contribution in [0.3, 0.4) is 0 Å². The average Bonchev–Trinajstić information content (AvgIpc) is 2.48. The number of hydrogen-bond acceptors (Lipinski definition) is 2. The summed E-state index contributed by atoms with van der Waals surface area (Å²) in [7, 11) is -2.46. The molecule has 0 amide bonds. The van der Waals surface area contributed by atoms with E-state index >= 15 is 0 Å². The van der Waals surface area contributed by atoms with Crippen molar-refractivity contribution >= 4 is 8.56 Å². The van der Waals surface area contributed by atoms with Crippen LogP contribution in [0.15, 0.2) is 72.9 Å². The van der Waals surface area contributed by atoms with E-state index in [1.165, 1.54) is 0 Å². The minimum Gasteiger partial charge on any atom is -0.509 e. The highest BCUT2D eigenvalue weighted by molar-refractivity contribution is 6.73. The molecule has 2 aromatic carbocycles. The van der Waals surface area contributed by atoms with Gasteiger partial charge in [-0.2, -0.15) is 0 Å². The minimum atomic E-state index is -2.46. The highest BCUT2D eigenvalue weighted by atomic mass is 28.4. The summed E-state index contributed by atoms with van der Waals surface area (Å²) in [6.45, 7) is 5.98. The lowest BCUT2D eigenvalue weighted by Crippen LogP contribution is -2.46. The van der Waals surface area contributed by atoms with Crippen LogP contribution in [-0.2, 0) is 0 Å². The molecular formula is C16H18O2Si. The van der Waals surface area contributed by atoms with E-state index in [1.807, 2.05) is 66.4 Å². The lowest BCUT2D eigenvalue weighted by molar-refractivity contribution is 0.398. The minimum absolute atomic E-state index is 0.806. The smallest absolute Gasteiger partial charge is 0.487 e.